The van der Waals surface area contributed by atoms with Gasteiger partial charge in [0, 0.05) is 30.9 Å². The maximum absolute atomic E-state index is 6.08. The Kier molecular flexibility index (Phi) is 5.17. The Balaban J connectivity index is 1.45. The van der Waals surface area contributed by atoms with E-state index in [4.69, 9.17) is 21.1 Å². The lowest BCUT2D eigenvalue weighted by atomic mass is 9.84. The van der Waals surface area contributed by atoms with Crippen LogP contribution in [0.5, 0.6) is 0 Å². The lowest BCUT2D eigenvalue weighted by Gasteiger charge is -2.43. The molecular weight excluding hydrogens is 286 g/mol. The van der Waals surface area contributed by atoms with Crippen LogP contribution in [-0.4, -0.2) is 38.0 Å². The summed E-state index contributed by atoms with van der Waals surface area (Å²) in [5.41, 5.74) is 1.41. The summed E-state index contributed by atoms with van der Waals surface area (Å²) in [7, 11) is 0. The first-order valence-corrected chi connectivity index (χ1v) is 8.33. The van der Waals surface area contributed by atoms with E-state index >= 15 is 0 Å². The number of hydrogen-bond acceptors (Lipinski definition) is 3. The predicted octanol–water partition coefficient (Wildman–Crippen LogP) is 3.20. The summed E-state index contributed by atoms with van der Waals surface area (Å²) >= 11 is 5.91. The fourth-order valence-corrected chi connectivity index (χ4v) is 3.49. The van der Waals surface area contributed by atoms with Crippen LogP contribution in [0.4, 0.5) is 0 Å². The third-order valence-corrected chi connectivity index (χ3v) is 4.91. The monoisotopic (exact) mass is 309 g/mol. The molecule has 1 unspecified atom stereocenters. The largest absolute Gasteiger partial charge is 0.381 e. The zero-order valence-corrected chi connectivity index (χ0v) is 13.2. The van der Waals surface area contributed by atoms with Crippen LogP contribution < -0.4 is 5.32 Å². The van der Waals surface area contributed by atoms with Gasteiger partial charge >= 0.3 is 0 Å². The van der Waals surface area contributed by atoms with Gasteiger partial charge in [-0.15, -0.1) is 0 Å². The summed E-state index contributed by atoms with van der Waals surface area (Å²) < 4.78 is 11.5. The first-order valence-electron chi connectivity index (χ1n) is 7.95. The topological polar surface area (TPSA) is 30.5 Å². The second kappa shape index (κ2) is 7.10. The normalized spacial score (nSPS) is 25.1. The van der Waals surface area contributed by atoms with Gasteiger partial charge in [-0.2, -0.15) is 0 Å². The first kappa shape index (κ1) is 15.3. The van der Waals surface area contributed by atoms with Crippen molar-refractivity contribution in [1.29, 1.82) is 0 Å². The molecule has 2 heterocycles. The summed E-state index contributed by atoms with van der Waals surface area (Å²) in [6.07, 6.45) is 5.37. The molecule has 1 aromatic carbocycles. The van der Waals surface area contributed by atoms with Crippen LogP contribution in [0.3, 0.4) is 0 Å². The summed E-state index contributed by atoms with van der Waals surface area (Å²) in [5, 5.41) is 4.51. The van der Waals surface area contributed by atoms with Crippen molar-refractivity contribution in [2.75, 3.05) is 26.4 Å². The molecule has 2 aliphatic heterocycles. The molecule has 0 radical (unpaired) electrons. The average Bonchev–Trinajstić information content (AvgIpc) is 2.50. The highest BCUT2D eigenvalue weighted by Gasteiger charge is 2.38. The Bertz CT molecular complexity index is 437. The van der Waals surface area contributed by atoms with E-state index in [1.165, 1.54) is 5.56 Å². The van der Waals surface area contributed by atoms with Gasteiger partial charge in [0.15, 0.2) is 0 Å². The SMILES string of the molecule is Clc1ccc(CCNC2CCOC3(CCOCC3)C2)cc1. The van der Waals surface area contributed by atoms with Crippen molar-refractivity contribution in [2.45, 2.75) is 43.7 Å². The molecule has 0 aromatic heterocycles. The molecule has 116 valence electrons. The Morgan fingerprint density at radius 2 is 1.90 bits per heavy atom. The van der Waals surface area contributed by atoms with Crippen molar-refractivity contribution >= 4 is 11.6 Å². The van der Waals surface area contributed by atoms with Gasteiger partial charge in [-0.05, 0) is 56.3 Å². The van der Waals surface area contributed by atoms with Gasteiger partial charge < -0.3 is 14.8 Å². The number of rotatable bonds is 4. The van der Waals surface area contributed by atoms with E-state index in [9.17, 15) is 0 Å². The van der Waals surface area contributed by atoms with Crippen LogP contribution >= 0.6 is 11.6 Å². The highest BCUT2D eigenvalue weighted by atomic mass is 35.5. The summed E-state index contributed by atoms with van der Waals surface area (Å²) in [5.74, 6) is 0. The molecule has 4 heteroatoms. The van der Waals surface area contributed by atoms with Gasteiger partial charge in [0.1, 0.15) is 0 Å². The molecule has 0 bridgehead atoms. The van der Waals surface area contributed by atoms with Gasteiger partial charge in [-0.3, -0.25) is 0 Å². The van der Waals surface area contributed by atoms with Crippen molar-refractivity contribution in [1.82, 2.24) is 5.32 Å². The van der Waals surface area contributed by atoms with Gasteiger partial charge in [-0.1, -0.05) is 23.7 Å². The molecule has 1 spiro atoms. The third kappa shape index (κ3) is 4.19. The van der Waals surface area contributed by atoms with Crippen LogP contribution in [0.15, 0.2) is 24.3 Å². The zero-order chi connectivity index (χ0) is 14.5. The Labute approximate surface area is 132 Å². The summed E-state index contributed by atoms with van der Waals surface area (Å²) in [4.78, 5) is 0. The van der Waals surface area contributed by atoms with Gasteiger partial charge in [-0.25, -0.2) is 0 Å². The van der Waals surface area contributed by atoms with Crippen molar-refractivity contribution in [3.05, 3.63) is 34.9 Å². The van der Waals surface area contributed by atoms with Crippen LogP contribution in [0, 0.1) is 0 Å². The fraction of sp³-hybridized carbons (Fsp3) is 0.647. The lowest BCUT2D eigenvalue weighted by Crippen LogP contribution is -2.50. The molecule has 1 atom stereocenters. The Morgan fingerprint density at radius 1 is 1.14 bits per heavy atom. The second-order valence-corrected chi connectivity index (χ2v) is 6.60. The minimum atomic E-state index is 0.0778. The van der Waals surface area contributed by atoms with Crippen molar-refractivity contribution < 1.29 is 9.47 Å². The van der Waals surface area contributed by atoms with Gasteiger partial charge in [0.2, 0.25) is 0 Å². The average molecular weight is 310 g/mol. The molecular formula is C17H24ClNO2. The van der Waals surface area contributed by atoms with E-state index in [0.717, 1.165) is 63.5 Å². The molecule has 0 saturated carbocycles. The smallest absolute Gasteiger partial charge is 0.0741 e. The number of benzene rings is 1. The minimum Gasteiger partial charge on any atom is -0.381 e. The van der Waals surface area contributed by atoms with Crippen LogP contribution in [-0.2, 0) is 15.9 Å². The van der Waals surface area contributed by atoms with Crippen molar-refractivity contribution in [3.8, 4) is 0 Å². The predicted molar refractivity (Wildman–Crippen MR) is 84.9 cm³/mol. The molecule has 0 amide bonds. The van der Waals surface area contributed by atoms with Crippen LogP contribution in [0.1, 0.15) is 31.2 Å². The van der Waals surface area contributed by atoms with Crippen LogP contribution in [0.25, 0.3) is 0 Å². The number of halogens is 1. The maximum atomic E-state index is 6.08. The van der Waals surface area contributed by atoms with E-state index < -0.39 is 0 Å². The van der Waals surface area contributed by atoms with Crippen molar-refractivity contribution in [2.24, 2.45) is 0 Å². The molecule has 21 heavy (non-hydrogen) atoms. The number of nitrogens with one attached hydrogen (secondary N) is 1. The molecule has 0 aliphatic carbocycles. The summed E-state index contributed by atoms with van der Waals surface area (Å²) in [6.45, 7) is 3.58. The third-order valence-electron chi connectivity index (χ3n) is 4.66. The molecule has 1 N–H and O–H groups in total. The number of ether oxygens (including phenoxy) is 2. The van der Waals surface area contributed by atoms with E-state index in [1.54, 1.807) is 0 Å². The van der Waals surface area contributed by atoms with E-state index in [0.29, 0.717) is 6.04 Å². The van der Waals surface area contributed by atoms with Gasteiger partial charge in [0.05, 0.1) is 5.60 Å². The fourth-order valence-electron chi connectivity index (χ4n) is 3.37. The van der Waals surface area contributed by atoms with E-state index in [2.05, 4.69) is 17.4 Å². The molecule has 2 aliphatic rings. The Morgan fingerprint density at radius 3 is 2.67 bits per heavy atom. The summed E-state index contributed by atoms with van der Waals surface area (Å²) in [6, 6.07) is 8.70. The van der Waals surface area contributed by atoms with E-state index in [-0.39, 0.29) is 5.60 Å². The Hall–Kier alpha value is -0.610. The second-order valence-electron chi connectivity index (χ2n) is 6.16. The standard InChI is InChI=1S/C17H24ClNO2/c18-15-3-1-14(2-4-15)5-9-19-16-6-10-21-17(13-16)7-11-20-12-8-17/h1-4,16,19H,5-13H2. The van der Waals surface area contributed by atoms with Gasteiger partial charge in [0.25, 0.3) is 0 Å². The maximum Gasteiger partial charge on any atom is 0.0741 e. The van der Waals surface area contributed by atoms with Crippen molar-refractivity contribution in [3.63, 3.8) is 0 Å². The molecule has 3 rings (SSSR count). The molecule has 2 fully saturated rings. The first-order chi connectivity index (χ1) is 10.3. The minimum absolute atomic E-state index is 0.0778. The van der Waals surface area contributed by atoms with Crippen LogP contribution in [0.2, 0.25) is 5.02 Å². The highest BCUT2D eigenvalue weighted by molar-refractivity contribution is 6.30. The lowest BCUT2D eigenvalue weighted by molar-refractivity contribution is -0.140. The van der Waals surface area contributed by atoms with E-state index in [1.807, 2.05) is 12.1 Å². The quantitative estimate of drug-likeness (QED) is 0.926. The molecule has 3 nitrogen and oxygen atoms in total. The highest BCUT2D eigenvalue weighted by Crippen LogP contribution is 2.34. The number of hydrogen-bond donors (Lipinski definition) is 1. The molecule has 1 aromatic rings. The molecule has 2 saturated heterocycles. The zero-order valence-electron chi connectivity index (χ0n) is 12.4.